The van der Waals surface area contributed by atoms with Crippen molar-refractivity contribution in [3.63, 3.8) is 0 Å². The van der Waals surface area contributed by atoms with Gasteiger partial charge in [0.1, 0.15) is 22.6 Å². The minimum atomic E-state index is -4.45. The van der Waals surface area contributed by atoms with E-state index in [2.05, 4.69) is 0 Å². The highest BCUT2D eigenvalue weighted by atomic mass is 32.2. The highest BCUT2D eigenvalue weighted by molar-refractivity contribution is 7.90. The lowest BCUT2D eigenvalue weighted by Crippen LogP contribution is -2.40. The summed E-state index contributed by atoms with van der Waals surface area (Å²) in [5.74, 6) is -3.13. The first kappa shape index (κ1) is 18.8. The molecule has 134 valence electrons. The Balaban J connectivity index is 1.94. The van der Waals surface area contributed by atoms with Gasteiger partial charge in [-0.2, -0.15) is 0 Å². The fraction of sp³-hybridized carbons (Fsp3) is 0.533. The van der Waals surface area contributed by atoms with Gasteiger partial charge in [-0.3, -0.25) is 4.79 Å². The molecule has 1 amide bonds. The summed E-state index contributed by atoms with van der Waals surface area (Å²) in [5, 5.41) is 0. The van der Waals surface area contributed by atoms with Crippen LogP contribution in [-0.4, -0.2) is 39.7 Å². The van der Waals surface area contributed by atoms with Crippen LogP contribution in [0.4, 0.5) is 8.78 Å². The number of sulfonamides is 1. The molecule has 0 saturated carbocycles. The van der Waals surface area contributed by atoms with Gasteiger partial charge < -0.3 is 9.47 Å². The number of carbonyl (C=O) groups excluding carboxylic acids is 1. The van der Waals surface area contributed by atoms with E-state index in [0.717, 1.165) is 31.4 Å². The average molecular weight is 363 g/mol. The Hall–Kier alpha value is -1.58. The number of hydrogen-bond donors (Lipinski definition) is 1. The van der Waals surface area contributed by atoms with E-state index in [1.807, 2.05) is 0 Å². The highest BCUT2D eigenvalue weighted by Gasteiger charge is 2.26. The minimum absolute atomic E-state index is 0.125. The van der Waals surface area contributed by atoms with Gasteiger partial charge in [0, 0.05) is 12.7 Å². The maximum Gasteiger partial charge on any atom is 0.267 e. The number of ether oxygens (including phenoxy) is 2. The Morgan fingerprint density at radius 2 is 2.17 bits per heavy atom. The van der Waals surface area contributed by atoms with Crippen molar-refractivity contribution in [2.24, 2.45) is 0 Å². The molecule has 0 bridgehead atoms. The van der Waals surface area contributed by atoms with E-state index in [0.29, 0.717) is 12.7 Å². The van der Waals surface area contributed by atoms with E-state index in [4.69, 9.17) is 9.47 Å². The second-order valence-corrected chi connectivity index (χ2v) is 7.16. The van der Waals surface area contributed by atoms with E-state index in [1.54, 1.807) is 4.72 Å². The normalized spacial score (nSPS) is 19.7. The van der Waals surface area contributed by atoms with E-state index in [1.165, 1.54) is 6.92 Å². The van der Waals surface area contributed by atoms with Gasteiger partial charge in [0.25, 0.3) is 15.9 Å². The predicted molar refractivity (Wildman–Crippen MR) is 80.7 cm³/mol. The van der Waals surface area contributed by atoms with Crippen LogP contribution in [-0.2, 0) is 24.3 Å². The monoisotopic (exact) mass is 363 g/mol. The van der Waals surface area contributed by atoms with Crippen molar-refractivity contribution >= 4 is 15.9 Å². The van der Waals surface area contributed by atoms with Gasteiger partial charge in [0.2, 0.25) is 0 Å². The van der Waals surface area contributed by atoms with Crippen molar-refractivity contribution in [1.82, 2.24) is 4.72 Å². The molecule has 1 saturated heterocycles. The Kier molecular flexibility index (Phi) is 6.25. The van der Waals surface area contributed by atoms with Gasteiger partial charge in [0.15, 0.2) is 0 Å². The van der Waals surface area contributed by atoms with Gasteiger partial charge >= 0.3 is 0 Å². The molecule has 1 aromatic carbocycles. The second kappa shape index (κ2) is 8.00. The zero-order chi connectivity index (χ0) is 17.7. The van der Waals surface area contributed by atoms with Crippen LogP contribution >= 0.6 is 0 Å². The summed E-state index contributed by atoms with van der Waals surface area (Å²) >= 11 is 0. The number of hydrogen-bond acceptors (Lipinski definition) is 5. The first-order valence-electron chi connectivity index (χ1n) is 7.54. The minimum Gasteiger partial charge on any atom is -0.376 e. The maximum atomic E-state index is 13.6. The molecule has 0 aromatic heterocycles. The first-order chi connectivity index (χ1) is 11.3. The average Bonchev–Trinajstić information content (AvgIpc) is 2.52. The molecular weight excluding hydrogens is 344 g/mol. The van der Waals surface area contributed by atoms with Crippen molar-refractivity contribution in [1.29, 1.82) is 0 Å². The molecule has 2 unspecified atom stereocenters. The Morgan fingerprint density at radius 1 is 1.42 bits per heavy atom. The zero-order valence-corrected chi connectivity index (χ0v) is 13.9. The SMILES string of the molecule is CC(OCC1CCCCO1)C(=O)NS(=O)(=O)c1ccc(F)cc1F. The smallest absolute Gasteiger partial charge is 0.267 e. The first-order valence-corrected chi connectivity index (χ1v) is 9.03. The van der Waals surface area contributed by atoms with Crippen molar-refractivity contribution in [3.05, 3.63) is 29.8 Å². The van der Waals surface area contributed by atoms with Gasteiger partial charge in [-0.15, -0.1) is 0 Å². The molecule has 6 nitrogen and oxygen atoms in total. The molecular formula is C15H19F2NO5S. The lowest BCUT2D eigenvalue weighted by molar-refractivity contribution is -0.133. The van der Waals surface area contributed by atoms with E-state index in [-0.39, 0.29) is 12.7 Å². The van der Waals surface area contributed by atoms with Crippen LogP contribution in [0.1, 0.15) is 26.2 Å². The fourth-order valence-corrected chi connectivity index (χ4v) is 3.33. The van der Waals surface area contributed by atoms with Crippen molar-refractivity contribution in [3.8, 4) is 0 Å². The van der Waals surface area contributed by atoms with Crippen LogP contribution in [0.2, 0.25) is 0 Å². The largest absolute Gasteiger partial charge is 0.376 e. The molecule has 2 rings (SSSR count). The quantitative estimate of drug-likeness (QED) is 0.833. The maximum absolute atomic E-state index is 13.6. The fourth-order valence-electron chi connectivity index (χ4n) is 2.23. The molecule has 0 radical (unpaired) electrons. The summed E-state index contributed by atoms with van der Waals surface area (Å²) in [4.78, 5) is 11.1. The number of carbonyl (C=O) groups is 1. The van der Waals surface area contributed by atoms with Crippen LogP contribution in [0.3, 0.4) is 0 Å². The molecule has 1 fully saturated rings. The second-order valence-electron chi connectivity index (χ2n) is 5.51. The summed E-state index contributed by atoms with van der Waals surface area (Å²) < 4.78 is 62.9. The van der Waals surface area contributed by atoms with Gasteiger partial charge in [-0.1, -0.05) is 0 Å². The Morgan fingerprint density at radius 3 is 2.79 bits per heavy atom. The van der Waals surface area contributed by atoms with Crippen LogP contribution in [0, 0.1) is 11.6 Å². The van der Waals surface area contributed by atoms with Crippen molar-refractivity contribution in [2.75, 3.05) is 13.2 Å². The molecule has 0 aliphatic carbocycles. The number of halogens is 2. The number of amides is 1. The molecule has 9 heteroatoms. The summed E-state index contributed by atoms with van der Waals surface area (Å²) in [6.45, 7) is 2.18. The number of rotatable bonds is 6. The van der Waals surface area contributed by atoms with E-state index < -0.39 is 38.6 Å². The molecule has 1 aliphatic rings. The molecule has 24 heavy (non-hydrogen) atoms. The third kappa shape index (κ3) is 4.96. The van der Waals surface area contributed by atoms with Crippen LogP contribution < -0.4 is 4.72 Å². The van der Waals surface area contributed by atoms with Gasteiger partial charge in [0.05, 0.1) is 12.7 Å². The van der Waals surface area contributed by atoms with Crippen LogP contribution in [0.15, 0.2) is 23.1 Å². The highest BCUT2D eigenvalue weighted by Crippen LogP contribution is 2.16. The molecule has 1 aliphatic heterocycles. The summed E-state index contributed by atoms with van der Waals surface area (Å²) in [6.07, 6.45) is 1.61. The number of benzene rings is 1. The lowest BCUT2D eigenvalue weighted by atomic mass is 10.1. The Bertz CT molecular complexity index is 689. The third-order valence-corrected chi connectivity index (χ3v) is 4.97. The summed E-state index contributed by atoms with van der Waals surface area (Å²) in [6, 6.07) is 1.98. The third-order valence-electron chi connectivity index (χ3n) is 3.59. The number of nitrogens with one attached hydrogen (secondary N) is 1. The molecule has 0 spiro atoms. The molecule has 1 heterocycles. The van der Waals surface area contributed by atoms with Crippen LogP contribution in [0.5, 0.6) is 0 Å². The Labute approximate surface area is 139 Å². The van der Waals surface area contributed by atoms with Gasteiger partial charge in [-0.05, 0) is 38.3 Å². The molecule has 2 atom stereocenters. The zero-order valence-electron chi connectivity index (χ0n) is 13.1. The topological polar surface area (TPSA) is 81.7 Å². The van der Waals surface area contributed by atoms with Crippen LogP contribution in [0.25, 0.3) is 0 Å². The predicted octanol–water partition coefficient (Wildman–Crippen LogP) is 1.74. The van der Waals surface area contributed by atoms with Gasteiger partial charge in [-0.25, -0.2) is 21.9 Å². The molecule has 1 N–H and O–H groups in total. The summed E-state index contributed by atoms with van der Waals surface area (Å²) in [7, 11) is -4.45. The summed E-state index contributed by atoms with van der Waals surface area (Å²) in [5.41, 5.74) is 0. The van der Waals surface area contributed by atoms with Crippen molar-refractivity contribution in [2.45, 2.75) is 43.3 Å². The standard InChI is InChI=1S/C15H19F2NO5S/c1-10(23-9-12-4-2-3-7-22-12)15(19)18-24(20,21)14-6-5-11(16)8-13(14)17/h5-6,8,10,12H,2-4,7,9H2,1H3,(H,18,19). The van der Waals surface area contributed by atoms with E-state index >= 15 is 0 Å². The molecule has 1 aromatic rings. The van der Waals surface area contributed by atoms with E-state index in [9.17, 15) is 22.0 Å². The van der Waals surface area contributed by atoms with Crippen molar-refractivity contribution < 1.29 is 31.5 Å². The lowest BCUT2D eigenvalue weighted by Gasteiger charge is -2.23.